The van der Waals surface area contributed by atoms with E-state index >= 15 is 0 Å². The van der Waals surface area contributed by atoms with E-state index in [0.717, 1.165) is 32.4 Å². The third-order valence-corrected chi connectivity index (χ3v) is 6.21. The van der Waals surface area contributed by atoms with Crippen LogP contribution >= 0.6 is 34.8 Å². The summed E-state index contributed by atoms with van der Waals surface area (Å²) in [5.74, 6) is -0.432. The number of carbonyl (C=O) groups excluding carboxylic acids is 1. The Kier molecular flexibility index (Phi) is 7.62. The number of carbonyl (C=O) groups is 1. The van der Waals surface area contributed by atoms with E-state index in [-0.39, 0.29) is 11.3 Å². The van der Waals surface area contributed by atoms with E-state index < -0.39 is 20.9 Å². The van der Waals surface area contributed by atoms with Gasteiger partial charge in [0, 0.05) is 12.1 Å². The molecule has 2 aliphatic rings. The van der Waals surface area contributed by atoms with Crippen molar-refractivity contribution in [3.8, 4) is 0 Å². The van der Waals surface area contributed by atoms with Gasteiger partial charge in [-0.1, -0.05) is 53.4 Å². The van der Waals surface area contributed by atoms with Crippen LogP contribution in [0.3, 0.4) is 0 Å². The number of hydrogen-bond acceptors (Lipinski definition) is 5. The van der Waals surface area contributed by atoms with Crippen LogP contribution < -0.4 is 5.32 Å². The Morgan fingerprint density at radius 2 is 1.97 bits per heavy atom. The van der Waals surface area contributed by atoms with Crippen LogP contribution in [-0.4, -0.2) is 51.5 Å². The SMILES string of the molecule is O=C(NC(OC[C@@H]1CCCN2CCCC[C@H]12)C(Cl)(Cl)Cl)c1ccccc1[N+](=O)[O-]. The molecule has 2 fully saturated rings. The van der Waals surface area contributed by atoms with Crippen molar-refractivity contribution < 1.29 is 14.5 Å². The van der Waals surface area contributed by atoms with Gasteiger partial charge in [-0.3, -0.25) is 14.9 Å². The van der Waals surface area contributed by atoms with E-state index in [4.69, 9.17) is 39.5 Å². The van der Waals surface area contributed by atoms with Gasteiger partial charge in [0.05, 0.1) is 11.5 Å². The summed E-state index contributed by atoms with van der Waals surface area (Å²) in [6, 6.07) is 6.06. The highest BCUT2D eigenvalue weighted by Gasteiger charge is 2.39. The second-order valence-corrected chi connectivity index (χ2v) is 9.87. The molecule has 1 amide bonds. The number of piperidine rings is 2. The Morgan fingerprint density at radius 1 is 1.24 bits per heavy atom. The van der Waals surface area contributed by atoms with Crippen molar-refractivity contribution in [2.24, 2.45) is 5.92 Å². The molecule has 7 nitrogen and oxygen atoms in total. The summed E-state index contributed by atoms with van der Waals surface area (Å²) in [5.41, 5.74) is -0.435. The molecule has 0 aromatic heterocycles. The van der Waals surface area contributed by atoms with E-state index in [1.54, 1.807) is 0 Å². The van der Waals surface area contributed by atoms with Crippen molar-refractivity contribution in [2.45, 2.75) is 48.2 Å². The molecule has 0 aliphatic carbocycles. The molecule has 2 heterocycles. The first-order valence-electron chi connectivity index (χ1n) is 9.74. The minimum atomic E-state index is -1.92. The zero-order valence-corrected chi connectivity index (χ0v) is 18.1. The van der Waals surface area contributed by atoms with E-state index in [1.807, 2.05) is 0 Å². The molecule has 3 atom stereocenters. The molecule has 1 aromatic carbocycles. The molecule has 0 bridgehead atoms. The smallest absolute Gasteiger partial charge is 0.282 e. The Labute approximate surface area is 184 Å². The predicted octanol–water partition coefficient (Wildman–Crippen LogP) is 4.30. The van der Waals surface area contributed by atoms with Crippen molar-refractivity contribution in [3.63, 3.8) is 0 Å². The van der Waals surface area contributed by atoms with Gasteiger partial charge in [-0.2, -0.15) is 0 Å². The molecule has 29 heavy (non-hydrogen) atoms. The first kappa shape index (κ1) is 22.6. The number of fused-ring (bicyclic) bond motifs is 1. The summed E-state index contributed by atoms with van der Waals surface area (Å²) in [4.78, 5) is 25.7. The van der Waals surface area contributed by atoms with Crippen molar-refractivity contribution in [3.05, 3.63) is 39.9 Å². The normalized spacial score (nSPS) is 23.8. The molecule has 2 saturated heterocycles. The lowest BCUT2D eigenvalue weighted by Crippen LogP contribution is -2.51. The van der Waals surface area contributed by atoms with E-state index in [0.29, 0.717) is 18.6 Å². The molecule has 3 rings (SSSR count). The Morgan fingerprint density at radius 3 is 2.69 bits per heavy atom. The number of halogens is 3. The molecular formula is C19H24Cl3N3O4. The number of nitrogens with zero attached hydrogens (tertiary/aromatic N) is 2. The van der Waals surface area contributed by atoms with Crippen LogP contribution in [0.2, 0.25) is 0 Å². The number of alkyl halides is 3. The highest BCUT2D eigenvalue weighted by atomic mass is 35.6. The van der Waals surface area contributed by atoms with Crippen LogP contribution in [-0.2, 0) is 4.74 Å². The van der Waals surface area contributed by atoms with Crippen LogP contribution in [0.1, 0.15) is 42.5 Å². The lowest BCUT2D eigenvalue weighted by Gasteiger charge is -2.44. The summed E-state index contributed by atoms with van der Waals surface area (Å²) in [5, 5.41) is 13.7. The Bertz CT molecular complexity index is 742. The first-order valence-corrected chi connectivity index (χ1v) is 10.9. The molecule has 0 spiro atoms. The molecule has 0 saturated carbocycles. The zero-order valence-electron chi connectivity index (χ0n) is 15.9. The largest absolute Gasteiger partial charge is 0.354 e. The lowest BCUT2D eigenvalue weighted by atomic mass is 9.84. The molecule has 0 radical (unpaired) electrons. The monoisotopic (exact) mass is 463 g/mol. The maximum Gasteiger partial charge on any atom is 0.282 e. The topological polar surface area (TPSA) is 84.7 Å². The number of amides is 1. The molecular weight excluding hydrogens is 441 g/mol. The molecule has 10 heteroatoms. The molecule has 1 unspecified atom stereocenters. The predicted molar refractivity (Wildman–Crippen MR) is 113 cm³/mol. The standard InChI is InChI=1S/C19H24Cl3N3O4/c20-19(21,22)18(23-17(26)14-7-1-2-9-16(14)25(27)28)29-12-13-6-5-11-24-10-4-3-8-15(13)24/h1-2,7,9,13,15,18H,3-6,8,10-12H2,(H,23,26)/t13-,15+,18?/m0/s1. The maximum atomic E-state index is 12.6. The second kappa shape index (κ2) is 9.79. The fourth-order valence-corrected chi connectivity index (χ4v) is 4.58. The molecule has 2 aliphatic heterocycles. The van der Waals surface area contributed by atoms with Crippen LogP contribution in [0.5, 0.6) is 0 Å². The average Bonchev–Trinajstić information content (AvgIpc) is 2.70. The summed E-state index contributed by atoms with van der Waals surface area (Å²) >= 11 is 18.1. The van der Waals surface area contributed by atoms with Crippen molar-refractivity contribution in [1.82, 2.24) is 10.2 Å². The molecule has 160 valence electrons. The van der Waals surface area contributed by atoms with Gasteiger partial charge in [0.2, 0.25) is 3.79 Å². The lowest BCUT2D eigenvalue weighted by molar-refractivity contribution is -0.385. The van der Waals surface area contributed by atoms with Gasteiger partial charge >= 0.3 is 0 Å². The average molecular weight is 465 g/mol. The first-order chi connectivity index (χ1) is 13.8. The van der Waals surface area contributed by atoms with Crippen molar-refractivity contribution in [1.29, 1.82) is 0 Å². The van der Waals surface area contributed by atoms with Crippen molar-refractivity contribution in [2.75, 3.05) is 19.7 Å². The van der Waals surface area contributed by atoms with Crippen LogP contribution in [0, 0.1) is 16.0 Å². The number of ether oxygens (including phenoxy) is 1. The third-order valence-electron chi connectivity index (χ3n) is 5.61. The van der Waals surface area contributed by atoms with Gasteiger partial charge in [-0.25, -0.2) is 0 Å². The fourth-order valence-electron chi connectivity index (χ4n) is 4.23. The third kappa shape index (κ3) is 5.73. The summed E-state index contributed by atoms with van der Waals surface area (Å²) in [7, 11) is 0. The number of hydrogen-bond donors (Lipinski definition) is 1. The van der Waals surface area contributed by atoms with Gasteiger partial charge in [0.15, 0.2) is 6.23 Å². The second-order valence-electron chi connectivity index (χ2n) is 7.50. The Hall–Kier alpha value is -1.12. The van der Waals surface area contributed by atoms with Gasteiger partial charge in [-0.15, -0.1) is 0 Å². The van der Waals surface area contributed by atoms with Crippen molar-refractivity contribution >= 4 is 46.4 Å². The Balaban J connectivity index is 1.67. The fraction of sp³-hybridized carbons (Fsp3) is 0.632. The summed E-state index contributed by atoms with van der Waals surface area (Å²) < 4.78 is 3.95. The number of rotatable bonds is 6. The number of nitrogens with one attached hydrogen (secondary N) is 1. The van der Waals surface area contributed by atoms with Crippen LogP contribution in [0.15, 0.2) is 24.3 Å². The van der Waals surface area contributed by atoms with Gasteiger partial charge < -0.3 is 15.0 Å². The van der Waals surface area contributed by atoms with Gasteiger partial charge in [0.25, 0.3) is 11.6 Å². The highest BCUT2D eigenvalue weighted by molar-refractivity contribution is 6.68. The van der Waals surface area contributed by atoms with E-state index in [2.05, 4.69) is 10.2 Å². The molecule has 1 N–H and O–H groups in total. The summed E-state index contributed by atoms with van der Waals surface area (Å²) in [6.45, 7) is 2.55. The van der Waals surface area contributed by atoms with Gasteiger partial charge in [-0.05, 0) is 50.8 Å². The number of benzene rings is 1. The van der Waals surface area contributed by atoms with Crippen LogP contribution in [0.4, 0.5) is 5.69 Å². The van der Waals surface area contributed by atoms with Crippen LogP contribution in [0.25, 0.3) is 0 Å². The minimum Gasteiger partial charge on any atom is -0.354 e. The summed E-state index contributed by atoms with van der Waals surface area (Å²) in [6.07, 6.45) is 4.41. The maximum absolute atomic E-state index is 12.6. The van der Waals surface area contributed by atoms with E-state index in [9.17, 15) is 14.9 Å². The molecule has 1 aromatic rings. The number of nitro groups is 1. The number of nitro benzene ring substituents is 1. The number of para-hydroxylation sites is 1. The quantitative estimate of drug-likeness (QED) is 0.294. The van der Waals surface area contributed by atoms with E-state index in [1.165, 1.54) is 37.1 Å². The minimum absolute atomic E-state index is 0.114. The van der Waals surface area contributed by atoms with Gasteiger partial charge in [0.1, 0.15) is 5.56 Å². The highest BCUT2D eigenvalue weighted by Crippen LogP contribution is 2.35. The zero-order chi connectivity index (χ0) is 21.0.